The van der Waals surface area contributed by atoms with E-state index in [0.717, 1.165) is 17.8 Å². The summed E-state index contributed by atoms with van der Waals surface area (Å²) in [7, 11) is 0. The SMILES string of the molecule is CCN(CC)C(=O)[C@@H](Sc1nc(C)cc(C(F)(F)F)c1C#N)c1ccccc1. The molecule has 0 spiro atoms. The van der Waals surface area contributed by atoms with Crippen molar-refractivity contribution in [3.8, 4) is 6.07 Å². The maximum Gasteiger partial charge on any atom is 0.417 e. The molecular weight excluding hydrogens is 387 g/mol. The fourth-order valence-corrected chi connectivity index (χ4v) is 4.00. The molecule has 1 amide bonds. The van der Waals surface area contributed by atoms with Gasteiger partial charge in [0.15, 0.2) is 0 Å². The molecule has 1 aromatic carbocycles. The van der Waals surface area contributed by atoms with Crippen molar-refractivity contribution in [3.05, 3.63) is 58.8 Å². The largest absolute Gasteiger partial charge is 0.417 e. The number of rotatable bonds is 6. The smallest absolute Gasteiger partial charge is 0.342 e. The minimum absolute atomic E-state index is 0.0933. The lowest BCUT2D eigenvalue weighted by Gasteiger charge is -2.25. The monoisotopic (exact) mass is 407 g/mol. The van der Waals surface area contributed by atoms with Crippen molar-refractivity contribution in [1.82, 2.24) is 9.88 Å². The number of benzene rings is 1. The average molecular weight is 407 g/mol. The molecule has 148 valence electrons. The Hall–Kier alpha value is -2.53. The summed E-state index contributed by atoms with van der Waals surface area (Å²) in [4.78, 5) is 18.8. The highest BCUT2D eigenvalue weighted by Crippen LogP contribution is 2.41. The van der Waals surface area contributed by atoms with E-state index in [2.05, 4.69) is 4.98 Å². The van der Waals surface area contributed by atoms with E-state index in [9.17, 15) is 23.2 Å². The van der Waals surface area contributed by atoms with Crippen LogP contribution in [-0.2, 0) is 11.0 Å². The standard InChI is InChI=1S/C20H20F3N3OS/c1-4-26(5-2)19(27)17(14-9-7-6-8-10-14)28-18-15(12-24)16(20(21,22)23)11-13(3)25-18/h6-11,17H,4-5H2,1-3H3/t17-/m0/s1. The summed E-state index contributed by atoms with van der Waals surface area (Å²) in [6.07, 6.45) is -4.68. The molecule has 28 heavy (non-hydrogen) atoms. The predicted molar refractivity (Wildman–Crippen MR) is 102 cm³/mol. The molecule has 0 fully saturated rings. The van der Waals surface area contributed by atoms with Gasteiger partial charge in [0.1, 0.15) is 16.3 Å². The van der Waals surface area contributed by atoms with Crippen molar-refractivity contribution in [1.29, 1.82) is 5.26 Å². The average Bonchev–Trinajstić information content (AvgIpc) is 2.66. The highest BCUT2D eigenvalue weighted by Gasteiger charge is 2.37. The number of hydrogen-bond acceptors (Lipinski definition) is 4. The molecule has 4 nitrogen and oxygen atoms in total. The van der Waals surface area contributed by atoms with Gasteiger partial charge in [-0.1, -0.05) is 42.1 Å². The van der Waals surface area contributed by atoms with Gasteiger partial charge in [-0.05, 0) is 32.4 Å². The summed E-state index contributed by atoms with van der Waals surface area (Å²) in [6.45, 7) is 6.05. The Kier molecular flexibility index (Phi) is 7.08. The van der Waals surface area contributed by atoms with Crippen LogP contribution in [0.4, 0.5) is 13.2 Å². The van der Waals surface area contributed by atoms with E-state index < -0.39 is 22.6 Å². The van der Waals surface area contributed by atoms with Crippen LogP contribution in [0, 0.1) is 18.3 Å². The molecule has 0 saturated heterocycles. The maximum atomic E-state index is 13.4. The van der Waals surface area contributed by atoms with Crippen LogP contribution in [0.5, 0.6) is 0 Å². The lowest BCUT2D eigenvalue weighted by Crippen LogP contribution is -2.34. The van der Waals surface area contributed by atoms with Gasteiger partial charge in [-0.15, -0.1) is 0 Å². The highest BCUT2D eigenvalue weighted by atomic mass is 32.2. The number of pyridine rings is 1. The number of nitriles is 1. The number of aromatic nitrogens is 1. The van der Waals surface area contributed by atoms with Crippen LogP contribution in [0.15, 0.2) is 41.4 Å². The molecule has 1 heterocycles. The number of likely N-dealkylation sites (N-methyl/N-ethyl adjacent to an activating group) is 1. The second kappa shape index (κ2) is 9.11. The lowest BCUT2D eigenvalue weighted by atomic mass is 10.1. The zero-order chi connectivity index (χ0) is 20.9. The third-order valence-electron chi connectivity index (χ3n) is 4.16. The van der Waals surface area contributed by atoms with Crippen molar-refractivity contribution in [2.75, 3.05) is 13.1 Å². The Balaban J connectivity index is 2.58. The molecular formula is C20H20F3N3OS. The van der Waals surface area contributed by atoms with E-state index in [1.807, 2.05) is 13.8 Å². The first kappa shape index (κ1) is 21.8. The van der Waals surface area contributed by atoms with Crippen LogP contribution < -0.4 is 0 Å². The van der Waals surface area contributed by atoms with Gasteiger partial charge < -0.3 is 4.90 Å². The molecule has 0 N–H and O–H groups in total. The van der Waals surface area contributed by atoms with E-state index in [1.54, 1.807) is 41.3 Å². The number of thioether (sulfide) groups is 1. The minimum atomic E-state index is -4.68. The number of nitrogens with zero attached hydrogens (tertiary/aromatic N) is 3. The van der Waals surface area contributed by atoms with Gasteiger partial charge in [0.25, 0.3) is 0 Å². The molecule has 0 unspecified atom stereocenters. The van der Waals surface area contributed by atoms with Gasteiger partial charge in [-0.3, -0.25) is 4.79 Å². The zero-order valence-electron chi connectivity index (χ0n) is 15.7. The highest BCUT2D eigenvalue weighted by molar-refractivity contribution is 8.00. The van der Waals surface area contributed by atoms with E-state index in [1.165, 1.54) is 6.92 Å². The quantitative estimate of drug-likeness (QED) is 0.634. The molecule has 0 radical (unpaired) electrons. The zero-order valence-corrected chi connectivity index (χ0v) is 16.6. The molecule has 0 aliphatic rings. The van der Waals surface area contributed by atoms with Gasteiger partial charge >= 0.3 is 6.18 Å². The van der Waals surface area contributed by atoms with Crippen molar-refractivity contribution < 1.29 is 18.0 Å². The number of aryl methyl sites for hydroxylation is 1. The van der Waals surface area contributed by atoms with Crippen LogP contribution in [0.3, 0.4) is 0 Å². The molecule has 8 heteroatoms. The predicted octanol–water partition coefficient (Wildman–Crippen LogP) is 4.98. The first-order valence-electron chi connectivity index (χ1n) is 8.72. The molecule has 2 rings (SSSR count). The van der Waals surface area contributed by atoms with Crippen LogP contribution in [0.1, 0.15) is 41.5 Å². The summed E-state index contributed by atoms with van der Waals surface area (Å²) >= 11 is 0.880. The summed E-state index contributed by atoms with van der Waals surface area (Å²) < 4.78 is 40.2. The molecule has 2 aromatic rings. The van der Waals surface area contributed by atoms with Crippen molar-refractivity contribution in [2.24, 2.45) is 0 Å². The number of hydrogen-bond donors (Lipinski definition) is 0. The van der Waals surface area contributed by atoms with Crippen LogP contribution in [-0.4, -0.2) is 28.9 Å². The van der Waals surface area contributed by atoms with Crippen LogP contribution >= 0.6 is 11.8 Å². The Labute approximate surface area is 166 Å². The summed E-state index contributed by atoms with van der Waals surface area (Å²) in [5.74, 6) is -0.234. The van der Waals surface area contributed by atoms with Gasteiger partial charge in [-0.25, -0.2) is 4.98 Å². The number of alkyl halides is 3. The molecule has 0 bridgehead atoms. The Morgan fingerprint density at radius 1 is 1.25 bits per heavy atom. The normalized spacial score (nSPS) is 12.3. The van der Waals surface area contributed by atoms with E-state index in [0.29, 0.717) is 18.7 Å². The summed E-state index contributed by atoms with van der Waals surface area (Å²) in [5.41, 5.74) is -0.815. The van der Waals surface area contributed by atoms with E-state index >= 15 is 0 Å². The van der Waals surface area contributed by atoms with Gasteiger partial charge in [0, 0.05) is 18.8 Å². The van der Waals surface area contributed by atoms with Crippen LogP contribution in [0.2, 0.25) is 0 Å². The lowest BCUT2D eigenvalue weighted by molar-refractivity contribution is -0.138. The van der Waals surface area contributed by atoms with Crippen LogP contribution in [0.25, 0.3) is 0 Å². The summed E-state index contributed by atoms with van der Waals surface area (Å²) in [6, 6.07) is 11.3. The molecule has 0 aliphatic carbocycles. The Bertz CT molecular complexity index is 875. The number of amides is 1. The fourth-order valence-electron chi connectivity index (χ4n) is 2.76. The minimum Gasteiger partial charge on any atom is -0.342 e. The molecule has 0 aliphatic heterocycles. The molecule has 0 saturated carbocycles. The number of carbonyl (C=O) groups excluding carboxylic acids is 1. The molecule has 1 aromatic heterocycles. The first-order chi connectivity index (χ1) is 13.2. The Morgan fingerprint density at radius 2 is 1.86 bits per heavy atom. The summed E-state index contributed by atoms with van der Waals surface area (Å²) in [5, 5.41) is 8.48. The van der Waals surface area contributed by atoms with Crippen molar-refractivity contribution in [2.45, 2.75) is 37.2 Å². The second-order valence-corrected chi connectivity index (χ2v) is 7.11. The topological polar surface area (TPSA) is 57.0 Å². The van der Waals surface area contributed by atoms with Gasteiger partial charge in [0.05, 0.1) is 11.1 Å². The van der Waals surface area contributed by atoms with Crippen molar-refractivity contribution >= 4 is 17.7 Å². The van der Waals surface area contributed by atoms with Crippen molar-refractivity contribution in [3.63, 3.8) is 0 Å². The van der Waals surface area contributed by atoms with E-state index in [4.69, 9.17) is 0 Å². The third kappa shape index (κ3) is 4.84. The number of halogens is 3. The van der Waals surface area contributed by atoms with Gasteiger partial charge in [0.2, 0.25) is 5.91 Å². The molecule has 1 atom stereocenters. The Morgan fingerprint density at radius 3 is 2.36 bits per heavy atom. The fraction of sp³-hybridized carbons (Fsp3) is 0.350. The third-order valence-corrected chi connectivity index (χ3v) is 5.39. The maximum absolute atomic E-state index is 13.4. The van der Waals surface area contributed by atoms with E-state index in [-0.39, 0.29) is 16.6 Å². The second-order valence-electron chi connectivity index (χ2n) is 6.02. The number of carbonyl (C=O) groups is 1. The first-order valence-corrected chi connectivity index (χ1v) is 9.60. The van der Waals surface area contributed by atoms with Gasteiger partial charge in [-0.2, -0.15) is 18.4 Å².